The lowest BCUT2D eigenvalue weighted by molar-refractivity contribution is -0.385. The molecule has 3 rings (SSSR count). The molecule has 0 saturated heterocycles. The Morgan fingerprint density at radius 3 is 2.58 bits per heavy atom. The molecule has 132 valence electrons. The van der Waals surface area contributed by atoms with Crippen molar-refractivity contribution in [1.82, 2.24) is 4.98 Å². The maximum Gasteiger partial charge on any atom is 0.273 e. The zero-order valence-electron chi connectivity index (χ0n) is 14.8. The molecule has 26 heavy (non-hydrogen) atoms. The monoisotopic (exact) mass is 366 g/mol. The quantitative estimate of drug-likeness (QED) is 0.274. The average Bonchev–Trinajstić information content (AvgIpc) is 2.60. The van der Waals surface area contributed by atoms with E-state index < -0.39 is 4.92 Å². The average molecular weight is 366 g/mol. The van der Waals surface area contributed by atoms with E-state index in [4.69, 9.17) is 0 Å². The van der Waals surface area contributed by atoms with Gasteiger partial charge in [0, 0.05) is 22.6 Å². The number of pyridine rings is 1. The number of aryl methyl sites for hydroxylation is 3. The predicted octanol–water partition coefficient (Wildman–Crippen LogP) is 5.04. The van der Waals surface area contributed by atoms with Crippen LogP contribution in [0.5, 0.6) is 0 Å². The Labute approximate surface area is 155 Å². The lowest BCUT2D eigenvalue weighted by Crippen LogP contribution is -2.04. The van der Waals surface area contributed by atoms with E-state index in [9.17, 15) is 14.9 Å². The number of Topliss-reactive ketones (excluding diaryl/α,β-unsaturated/α-hetero) is 1. The predicted molar refractivity (Wildman–Crippen MR) is 104 cm³/mol. The van der Waals surface area contributed by atoms with Crippen LogP contribution in [0.15, 0.2) is 47.5 Å². The van der Waals surface area contributed by atoms with Gasteiger partial charge in [-0.25, -0.2) is 4.98 Å². The van der Waals surface area contributed by atoms with Gasteiger partial charge >= 0.3 is 0 Å². The smallest absolute Gasteiger partial charge is 0.273 e. The van der Waals surface area contributed by atoms with Gasteiger partial charge in [0.25, 0.3) is 5.69 Å². The summed E-state index contributed by atoms with van der Waals surface area (Å²) in [6.45, 7) is 5.70. The van der Waals surface area contributed by atoms with Gasteiger partial charge in [-0.2, -0.15) is 0 Å². The number of nitro benzene ring substituents is 1. The van der Waals surface area contributed by atoms with Crippen LogP contribution in [0, 0.1) is 30.9 Å². The van der Waals surface area contributed by atoms with Crippen LogP contribution < -0.4 is 0 Å². The van der Waals surface area contributed by atoms with Crippen LogP contribution in [0.4, 0.5) is 5.69 Å². The van der Waals surface area contributed by atoms with Crippen molar-refractivity contribution >= 4 is 34.1 Å². The summed E-state index contributed by atoms with van der Waals surface area (Å²) in [6, 6.07) is 12.6. The standard InChI is InChI=1S/C20H18N2O3S/c1-12-7-8-15(10-17(12)22(24)25)18(23)11-26-19-9-14(3)16-6-4-5-13(2)20(16)21-19/h4-10H,11H2,1-3H3. The molecule has 0 saturated carbocycles. The van der Waals surface area contributed by atoms with E-state index in [1.165, 1.54) is 17.8 Å². The Morgan fingerprint density at radius 1 is 1.08 bits per heavy atom. The summed E-state index contributed by atoms with van der Waals surface area (Å²) in [5.74, 6) is 0.0340. The van der Waals surface area contributed by atoms with Gasteiger partial charge in [0.1, 0.15) is 0 Å². The van der Waals surface area contributed by atoms with Gasteiger partial charge in [-0.3, -0.25) is 14.9 Å². The summed E-state index contributed by atoms with van der Waals surface area (Å²) in [4.78, 5) is 27.7. The number of aromatic nitrogens is 1. The van der Waals surface area contributed by atoms with E-state index in [0.29, 0.717) is 11.1 Å². The highest BCUT2D eigenvalue weighted by atomic mass is 32.2. The van der Waals surface area contributed by atoms with Gasteiger partial charge in [0.2, 0.25) is 0 Å². The van der Waals surface area contributed by atoms with E-state index in [2.05, 4.69) is 4.98 Å². The minimum absolute atomic E-state index is 0.0313. The number of carbonyl (C=O) groups excluding carboxylic acids is 1. The van der Waals surface area contributed by atoms with Crippen molar-refractivity contribution in [1.29, 1.82) is 0 Å². The first kappa shape index (κ1) is 18.1. The Balaban J connectivity index is 1.82. The first-order valence-electron chi connectivity index (χ1n) is 8.15. The minimum atomic E-state index is -0.462. The molecule has 0 N–H and O–H groups in total. The second-order valence-corrected chi connectivity index (χ2v) is 7.21. The number of ketones is 1. The molecule has 3 aromatic rings. The van der Waals surface area contributed by atoms with Gasteiger partial charge < -0.3 is 0 Å². The molecule has 0 spiro atoms. The second kappa shape index (κ2) is 7.25. The minimum Gasteiger partial charge on any atom is -0.293 e. The van der Waals surface area contributed by atoms with Crippen LogP contribution in [-0.4, -0.2) is 21.4 Å². The summed E-state index contributed by atoms with van der Waals surface area (Å²) >= 11 is 1.35. The summed E-state index contributed by atoms with van der Waals surface area (Å²) in [7, 11) is 0. The summed E-state index contributed by atoms with van der Waals surface area (Å²) in [6.07, 6.45) is 0. The molecule has 0 aliphatic heterocycles. The Morgan fingerprint density at radius 2 is 1.85 bits per heavy atom. The number of benzene rings is 2. The normalized spacial score (nSPS) is 10.9. The van der Waals surface area contributed by atoms with Gasteiger partial charge in [-0.05, 0) is 38.0 Å². The molecule has 0 bridgehead atoms. The number of rotatable bonds is 5. The van der Waals surface area contributed by atoms with Gasteiger partial charge in [0.05, 0.1) is 21.2 Å². The number of nitrogens with zero attached hydrogens (tertiary/aromatic N) is 2. The number of para-hydroxylation sites is 1. The highest BCUT2D eigenvalue weighted by Crippen LogP contribution is 2.27. The molecular weight excluding hydrogens is 348 g/mol. The highest BCUT2D eigenvalue weighted by molar-refractivity contribution is 7.99. The van der Waals surface area contributed by atoms with Crippen molar-refractivity contribution in [2.24, 2.45) is 0 Å². The van der Waals surface area contributed by atoms with E-state index >= 15 is 0 Å². The fraction of sp³-hybridized carbons (Fsp3) is 0.200. The van der Waals surface area contributed by atoms with E-state index in [0.717, 1.165) is 27.1 Å². The maximum absolute atomic E-state index is 12.4. The second-order valence-electron chi connectivity index (χ2n) is 6.22. The Hall–Kier alpha value is -2.73. The molecule has 0 fully saturated rings. The van der Waals surface area contributed by atoms with Gasteiger partial charge in [-0.1, -0.05) is 42.1 Å². The zero-order chi connectivity index (χ0) is 18.8. The number of fused-ring (bicyclic) bond motifs is 1. The third-order valence-electron chi connectivity index (χ3n) is 4.30. The molecule has 0 amide bonds. The summed E-state index contributed by atoms with van der Waals surface area (Å²) < 4.78 is 0. The van der Waals surface area contributed by atoms with E-state index in [1.807, 2.05) is 38.1 Å². The number of carbonyl (C=O) groups is 1. The van der Waals surface area contributed by atoms with Crippen molar-refractivity contribution in [3.05, 3.63) is 74.8 Å². The van der Waals surface area contributed by atoms with E-state index in [-0.39, 0.29) is 17.2 Å². The van der Waals surface area contributed by atoms with Gasteiger partial charge in [0.15, 0.2) is 5.78 Å². The molecule has 0 atom stereocenters. The molecule has 0 aliphatic carbocycles. The maximum atomic E-state index is 12.4. The third-order valence-corrected chi connectivity index (χ3v) is 5.21. The molecule has 2 aromatic carbocycles. The van der Waals surface area contributed by atoms with Crippen LogP contribution in [0.1, 0.15) is 27.0 Å². The topological polar surface area (TPSA) is 73.1 Å². The number of hydrogen-bond acceptors (Lipinski definition) is 5. The molecule has 6 heteroatoms. The molecule has 0 aliphatic rings. The van der Waals surface area contributed by atoms with Crippen LogP contribution >= 0.6 is 11.8 Å². The zero-order valence-corrected chi connectivity index (χ0v) is 15.6. The van der Waals surface area contributed by atoms with Crippen LogP contribution in [0.2, 0.25) is 0 Å². The van der Waals surface area contributed by atoms with Crippen LogP contribution in [0.3, 0.4) is 0 Å². The van der Waals surface area contributed by atoms with Crippen LogP contribution in [-0.2, 0) is 0 Å². The lowest BCUT2D eigenvalue weighted by Gasteiger charge is -2.08. The van der Waals surface area contributed by atoms with E-state index in [1.54, 1.807) is 19.1 Å². The van der Waals surface area contributed by atoms with Gasteiger partial charge in [-0.15, -0.1) is 0 Å². The lowest BCUT2D eigenvalue weighted by atomic mass is 10.1. The molecule has 0 radical (unpaired) electrons. The SMILES string of the molecule is Cc1ccc(C(=O)CSc2cc(C)c3cccc(C)c3n2)cc1[N+](=O)[O-]. The van der Waals surface area contributed by atoms with Crippen molar-refractivity contribution in [3.63, 3.8) is 0 Å². The molecule has 1 aromatic heterocycles. The first-order valence-corrected chi connectivity index (χ1v) is 9.13. The highest BCUT2D eigenvalue weighted by Gasteiger charge is 2.15. The van der Waals surface area contributed by atoms with Crippen LogP contribution in [0.25, 0.3) is 10.9 Å². The molecule has 1 heterocycles. The van der Waals surface area contributed by atoms with Crippen molar-refractivity contribution in [3.8, 4) is 0 Å². The summed E-state index contributed by atoms with van der Waals surface area (Å²) in [5, 5.41) is 12.9. The number of hydrogen-bond donors (Lipinski definition) is 0. The third kappa shape index (κ3) is 3.60. The summed E-state index contributed by atoms with van der Waals surface area (Å²) in [5.41, 5.74) is 4.00. The van der Waals surface area contributed by atoms with Crippen molar-refractivity contribution in [2.75, 3.05) is 5.75 Å². The fourth-order valence-electron chi connectivity index (χ4n) is 2.81. The van der Waals surface area contributed by atoms with Crippen molar-refractivity contribution in [2.45, 2.75) is 25.8 Å². The van der Waals surface area contributed by atoms with Crippen molar-refractivity contribution < 1.29 is 9.72 Å². The Bertz CT molecular complexity index is 1030. The fourth-order valence-corrected chi connectivity index (χ4v) is 3.67. The number of thioether (sulfide) groups is 1. The number of nitro groups is 1. The largest absolute Gasteiger partial charge is 0.293 e. The molecular formula is C20H18N2O3S. The molecule has 0 unspecified atom stereocenters. The molecule has 5 nitrogen and oxygen atoms in total. The first-order chi connectivity index (χ1) is 12.4. The Kier molecular flexibility index (Phi) is 5.04.